The summed E-state index contributed by atoms with van der Waals surface area (Å²) in [6, 6.07) is 16.6. The number of aryl methyl sites for hydroxylation is 1. The highest BCUT2D eigenvalue weighted by molar-refractivity contribution is 7.98. The van der Waals surface area contributed by atoms with E-state index in [2.05, 4.69) is 15.2 Å². The van der Waals surface area contributed by atoms with E-state index >= 15 is 0 Å². The van der Waals surface area contributed by atoms with Crippen LogP contribution >= 0.6 is 23.1 Å². The average Bonchev–Trinajstić information content (AvgIpc) is 3.10. The van der Waals surface area contributed by atoms with Crippen molar-refractivity contribution in [2.45, 2.75) is 17.7 Å². The molecule has 4 rings (SSSR count). The zero-order valence-corrected chi connectivity index (χ0v) is 16.5. The molecule has 2 heterocycles. The molecule has 7 heteroatoms. The maximum absolute atomic E-state index is 13.1. The van der Waals surface area contributed by atoms with Crippen LogP contribution in [-0.4, -0.2) is 15.2 Å². The van der Waals surface area contributed by atoms with E-state index in [1.807, 2.05) is 19.1 Å². The SMILES string of the molecule is Cc1nc(-c2ccc(F)cc2)sc1-c1ccc(SCc2ccc(F)cc2)nn1. The Morgan fingerprint density at radius 1 is 0.857 bits per heavy atom. The van der Waals surface area contributed by atoms with Crippen LogP contribution in [-0.2, 0) is 5.75 Å². The van der Waals surface area contributed by atoms with Gasteiger partial charge in [-0.3, -0.25) is 0 Å². The van der Waals surface area contributed by atoms with E-state index in [-0.39, 0.29) is 11.6 Å². The van der Waals surface area contributed by atoms with Gasteiger partial charge in [-0.25, -0.2) is 13.8 Å². The fourth-order valence-corrected chi connectivity index (χ4v) is 4.41. The van der Waals surface area contributed by atoms with Crippen molar-refractivity contribution in [1.29, 1.82) is 0 Å². The van der Waals surface area contributed by atoms with Crippen molar-refractivity contribution >= 4 is 23.1 Å². The van der Waals surface area contributed by atoms with Crippen molar-refractivity contribution in [3.05, 3.63) is 83.6 Å². The van der Waals surface area contributed by atoms with Gasteiger partial charge in [-0.2, -0.15) is 0 Å². The average molecular weight is 412 g/mol. The van der Waals surface area contributed by atoms with Gasteiger partial charge < -0.3 is 0 Å². The minimum atomic E-state index is -0.267. The monoisotopic (exact) mass is 411 g/mol. The summed E-state index contributed by atoms with van der Waals surface area (Å²) in [5.74, 6) is 0.192. The third-order valence-electron chi connectivity index (χ3n) is 4.06. The number of thiazole rings is 1. The van der Waals surface area contributed by atoms with Crippen molar-refractivity contribution in [2.75, 3.05) is 0 Å². The second kappa shape index (κ2) is 8.16. The van der Waals surface area contributed by atoms with Crippen molar-refractivity contribution in [1.82, 2.24) is 15.2 Å². The Bertz CT molecular complexity index is 1080. The summed E-state index contributed by atoms with van der Waals surface area (Å²) >= 11 is 3.06. The molecule has 0 N–H and O–H groups in total. The van der Waals surface area contributed by atoms with Gasteiger partial charge in [0.2, 0.25) is 0 Å². The second-order valence-electron chi connectivity index (χ2n) is 6.11. The van der Waals surface area contributed by atoms with Gasteiger partial charge in [-0.15, -0.1) is 21.5 Å². The number of thioether (sulfide) groups is 1. The van der Waals surface area contributed by atoms with Gasteiger partial charge in [0.15, 0.2) is 0 Å². The number of hydrogen-bond acceptors (Lipinski definition) is 5. The predicted octanol–water partition coefficient (Wildman–Crippen LogP) is 6.15. The van der Waals surface area contributed by atoms with Gasteiger partial charge in [-0.1, -0.05) is 23.9 Å². The Kier molecular flexibility index (Phi) is 5.45. The molecule has 0 fully saturated rings. The van der Waals surface area contributed by atoms with Crippen LogP contribution in [0.2, 0.25) is 0 Å². The number of aromatic nitrogens is 3. The first-order valence-electron chi connectivity index (χ1n) is 8.53. The summed E-state index contributed by atoms with van der Waals surface area (Å²) in [6.07, 6.45) is 0. The molecule has 0 radical (unpaired) electrons. The predicted molar refractivity (Wildman–Crippen MR) is 109 cm³/mol. The van der Waals surface area contributed by atoms with Crippen LogP contribution in [0.5, 0.6) is 0 Å². The first kappa shape index (κ1) is 18.7. The van der Waals surface area contributed by atoms with Crippen LogP contribution in [0, 0.1) is 18.6 Å². The molecule has 0 saturated carbocycles. The Labute approximate surface area is 169 Å². The number of hydrogen-bond donors (Lipinski definition) is 0. The molecule has 0 unspecified atom stereocenters. The molecule has 2 aromatic carbocycles. The van der Waals surface area contributed by atoms with E-state index in [9.17, 15) is 8.78 Å². The zero-order chi connectivity index (χ0) is 19.5. The highest BCUT2D eigenvalue weighted by atomic mass is 32.2. The number of halogens is 2. The lowest BCUT2D eigenvalue weighted by Gasteiger charge is -2.02. The molecule has 0 amide bonds. The number of nitrogens with zero attached hydrogens (tertiary/aromatic N) is 3. The highest BCUT2D eigenvalue weighted by Crippen LogP contribution is 2.34. The molecule has 0 aliphatic carbocycles. The van der Waals surface area contributed by atoms with Crippen LogP contribution in [0.1, 0.15) is 11.3 Å². The quantitative estimate of drug-likeness (QED) is 0.370. The third kappa shape index (κ3) is 4.26. The Balaban J connectivity index is 1.49. The smallest absolute Gasteiger partial charge is 0.124 e. The van der Waals surface area contributed by atoms with Crippen molar-refractivity contribution in [2.24, 2.45) is 0 Å². The largest absolute Gasteiger partial charge is 0.241 e. The van der Waals surface area contributed by atoms with Gasteiger partial charge >= 0.3 is 0 Å². The number of benzene rings is 2. The molecule has 2 aromatic heterocycles. The third-order valence-corrected chi connectivity index (χ3v) is 6.28. The normalized spacial score (nSPS) is 11.0. The molecule has 4 aromatic rings. The van der Waals surface area contributed by atoms with Crippen molar-refractivity contribution < 1.29 is 8.78 Å². The first-order chi connectivity index (χ1) is 13.6. The molecule has 0 atom stereocenters. The molecule has 3 nitrogen and oxygen atoms in total. The Hall–Kier alpha value is -2.64. The summed E-state index contributed by atoms with van der Waals surface area (Å²) in [5.41, 5.74) is 3.53. The van der Waals surface area contributed by atoms with Gasteiger partial charge in [0, 0.05) is 11.3 Å². The molecular formula is C21H15F2N3S2. The summed E-state index contributed by atoms with van der Waals surface area (Å²) in [6.45, 7) is 1.93. The lowest BCUT2D eigenvalue weighted by molar-refractivity contribution is 0.627. The van der Waals surface area contributed by atoms with Crippen molar-refractivity contribution in [3.8, 4) is 21.1 Å². The van der Waals surface area contributed by atoms with E-state index in [1.165, 1.54) is 35.6 Å². The topological polar surface area (TPSA) is 38.7 Å². The standard InChI is InChI=1S/C21H15F2N3S2/c1-13-20(28-21(24-13)15-4-8-17(23)9-5-15)18-10-11-19(26-25-18)27-12-14-2-6-16(22)7-3-14/h2-11H,12H2,1H3. The van der Waals surface area contributed by atoms with E-state index in [0.717, 1.165) is 37.4 Å². The van der Waals surface area contributed by atoms with Crippen LogP contribution in [0.25, 0.3) is 21.1 Å². The van der Waals surface area contributed by atoms with Gasteiger partial charge in [-0.05, 0) is 61.0 Å². The van der Waals surface area contributed by atoms with Gasteiger partial charge in [0.1, 0.15) is 27.4 Å². The van der Waals surface area contributed by atoms with Crippen LogP contribution in [0.15, 0.2) is 65.7 Å². The molecular weight excluding hydrogens is 396 g/mol. The lowest BCUT2D eigenvalue weighted by Crippen LogP contribution is -1.90. The molecule has 140 valence electrons. The molecule has 0 bridgehead atoms. The minimum Gasteiger partial charge on any atom is -0.241 e. The van der Waals surface area contributed by atoms with E-state index in [1.54, 1.807) is 36.0 Å². The zero-order valence-electron chi connectivity index (χ0n) is 14.9. The molecule has 0 aliphatic rings. The van der Waals surface area contributed by atoms with E-state index < -0.39 is 0 Å². The van der Waals surface area contributed by atoms with E-state index in [0.29, 0.717) is 5.75 Å². The maximum Gasteiger partial charge on any atom is 0.124 e. The van der Waals surface area contributed by atoms with Gasteiger partial charge in [0.25, 0.3) is 0 Å². The second-order valence-corrected chi connectivity index (χ2v) is 8.11. The van der Waals surface area contributed by atoms with Crippen LogP contribution < -0.4 is 0 Å². The fourth-order valence-electron chi connectivity index (χ4n) is 2.61. The molecule has 0 aliphatic heterocycles. The molecule has 28 heavy (non-hydrogen) atoms. The molecule has 0 saturated heterocycles. The highest BCUT2D eigenvalue weighted by Gasteiger charge is 2.13. The minimum absolute atomic E-state index is 0.238. The summed E-state index contributed by atoms with van der Waals surface area (Å²) < 4.78 is 26.1. The van der Waals surface area contributed by atoms with E-state index in [4.69, 9.17) is 0 Å². The number of rotatable bonds is 5. The lowest BCUT2D eigenvalue weighted by atomic mass is 10.2. The molecule has 0 spiro atoms. The van der Waals surface area contributed by atoms with Crippen molar-refractivity contribution in [3.63, 3.8) is 0 Å². The maximum atomic E-state index is 13.1. The summed E-state index contributed by atoms with van der Waals surface area (Å²) in [5, 5.41) is 10.3. The Morgan fingerprint density at radius 3 is 2.18 bits per heavy atom. The van der Waals surface area contributed by atoms with Crippen LogP contribution in [0.4, 0.5) is 8.78 Å². The first-order valence-corrected chi connectivity index (χ1v) is 10.3. The Morgan fingerprint density at radius 2 is 1.54 bits per heavy atom. The summed E-state index contributed by atoms with van der Waals surface area (Å²) in [4.78, 5) is 5.53. The van der Waals surface area contributed by atoms with Gasteiger partial charge in [0.05, 0.1) is 10.6 Å². The fraction of sp³-hybridized carbons (Fsp3) is 0.0952. The van der Waals surface area contributed by atoms with Crippen LogP contribution in [0.3, 0.4) is 0 Å². The summed E-state index contributed by atoms with van der Waals surface area (Å²) in [7, 11) is 0.